The van der Waals surface area contributed by atoms with Gasteiger partial charge in [-0.2, -0.15) is 5.21 Å². The maximum absolute atomic E-state index is 6.46. The van der Waals surface area contributed by atoms with Gasteiger partial charge in [-0.05, 0) is 59.0 Å². The van der Waals surface area contributed by atoms with Gasteiger partial charge in [0.25, 0.3) is 0 Å². The molecule has 2 aliphatic rings. The van der Waals surface area contributed by atoms with Gasteiger partial charge in [-0.3, -0.25) is 0 Å². The van der Waals surface area contributed by atoms with E-state index in [0.717, 1.165) is 36.3 Å². The molecule has 33 heavy (non-hydrogen) atoms. The molecule has 1 aliphatic carbocycles. The van der Waals surface area contributed by atoms with Crippen LogP contribution in [0.4, 0.5) is 0 Å². The highest BCUT2D eigenvalue weighted by molar-refractivity contribution is 5.75. The second kappa shape index (κ2) is 7.17. The van der Waals surface area contributed by atoms with Crippen molar-refractivity contribution in [1.82, 2.24) is 25.2 Å². The Labute approximate surface area is 190 Å². The highest BCUT2D eigenvalue weighted by Gasteiger charge is 2.31. The minimum absolute atomic E-state index is 0.0333. The summed E-state index contributed by atoms with van der Waals surface area (Å²) in [5, 5.41) is 14.6. The lowest BCUT2D eigenvalue weighted by Gasteiger charge is -2.21. The molecule has 0 saturated carbocycles. The molecule has 6 heteroatoms. The smallest absolute Gasteiger partial charge is 0.204 e. The fourth-order valence-electron chi connectivity index (χ4n) is 5.26. The quantitative estimate of drug-likeness (QED) is 0.432. The summed E-state index contributed by atoms with van der Waals surface area (Å²) in [6, 6.07) is 27.8. The van der Waals surface area contributed by atoms with E-state index < -0.39 is 0 Å². The average molecular weight is 431 g/mol. The molecule has 6 nitrogen and oxygen atoms in total. The molecule has 1 N–H and O–H groups in total. The molecule has 0 fully saturated rings. The van der Waals surface area contributed by atoms with E-state index >= 15 is 0 Å². The van der Waals surface area contributed by atoms with Crippen molar-refractivity contribution in [2.45, 2.75) is 25.4 Å². The van der Waals surface area contributed by atoms with Crippen molar-refractivity contribution in [3.05, 3.63) is 101 Å². The number of aryl methyl sites for hydroxylation is 1. The summed E-state index contributed by atoms with van der Waals surface area (Å²) in [4.78, 5) is 0. The number of benzene rings is 3. The van der Waals surface area contributed by atoms with Crippen molar-refractivity contribution < 1.29 is 4.74 Å². The van der Waals surface area contributed by atoms with Crippen LogP contribution in [0.1, 0.15) is 28.6 Å². The number of nitrogens with zero attached hydrogens (tertiary/aromatic N) is 4. The molecular formula is C27H21N5O. The summed E-state index contributed by atoms with van der Waals surface area (Å²) in [6.45, 7) is 0. The second-order valence-corrected chi connectivity index (χ2v) is 8.63. The summed E-state index contributed by atoms with van der Waals surface area (Å²) in [6.07, 6.45) is 2.85. The maximum atomic E-state index is 6.46. The van der Waals surface area contributed by atoms with Gasteiger partial charge in [-0.1, -0.05) is 54.6 Å². The van der Waals surface area contributed by atoms with Crippen LogP contribution in [0.25, 0.3) is 28.2 Å². The lowest BCUT2D eigenvalue weighted by Crippen LogP contribution is -2.13. The predicted octanol–water partition coefficient (Wildman–Crippen LogP) is 5.10. The Morgan fingerprint density at radius 3 is 2.61 bits per heavy atom. The van der Waals surface area contributed by atoms with Crippen LogP contribution >= 0.6 is 0 Å². The van der Waals surface area contributed by atoms with Gasteiger partial charge >= 0.3 is 0 Å². The van der Waals surface area contributed by atoms with Gasteiger partial charge in [0.2, 0.25) is 5.82 Å². The molecule has 1 atom stereocenters. The highest BCUT2D eigenvalue weighted by atomic mass is 16.5. The Hall–Kier alpha value is -4.19. The zero-order chi connectivity index (χ0) is 21.8. The van der Waals surface area contributed by atoms with Crippen molar-refractivity contribution in [3.8, 4) is 34.0 Å². The number of rotatable bonds is 3. The van der Waals surface area contributed by atoms with E-state index in [1.54, 1.807) is 0 Å². The van der Waals surface area contributed by atoms with Gasteiger partial charge < -0.3 is 9.30 Å². The van der Waals surface area contributed by atoms with Gasteiger partial charge in [0.15, 0.2) is 0 Å². The highest BCUT2D eigenvalue weighted by Crippen LogP contribution is 2.43. The Balaban J connectivity index is 1.42. The van der Waals surface area contributed by atoms with Crippen LogP contribution in [0.3, 0.4) is 0 Å². The number of para-hydroxylation sites is 1. The molecule has 2 aromatic heterocycles. The van der Waals surface area contributed by atoms with Crippen molar-refractivity contribution in [3.63, 3.8) is 0 Å². The minimum atomic E-state index is -0.0333. The first kappa shape index (κ1) is 18.4. The van der Waals surface area contributed by atoms with E-state index in [9.17, 15) is 0 Å². The third kappa shape index (κ3) is 2.91. The summed E-state index contributed by atoms with van der Waals surface area (Å²) < 4.78 is 8.86. The van der Waals surface area contributed by atoms with E-state index in [1.807, 2.05) is 12.1 Å². The molecular weight excluding hydrogens is 410 g/mol. The molecule has 1 unspecified atom stereocenters. The number of tetrazole rings is 1. The topological polar surface area (TPSA) is 68.6 Å². The number of hydrogen-bond donors (Lipinski definition) is 1. The number of ether oxygens (including phenoxy) is 1. The summed E-state index contributed by atoms with van der Waals surface area (Å²) in [5.74, 6) is 1.57. The van der Waals surface area contributed by atoms with Crippen molar-refractivity contribution in [1.29, 1.82) is 0 Å². The lowest BCUT2D eigenvalue weighted by molar-refractivity contribution is 0.231. The van der Waals surface area contributed by atoms with E-state index in [0.29, 0.717) is 5.82 Å². The average Bonchev–Trinajstić information content (AvgIpc) is 3.62. The molecule has 0 spiro atoms. The van der Waals surface area contributed by atoms with Crippen LogP contribution in [0.15, 0.2) is 78.9 Å². The van der Waals surface area contributed by atoms with E-state index in [2.05, 4.69) is 91.9 Å². The van der Waals surface area contributed by atoms with E-state index in [1.165, 1.54) is 33.6 Å². The molecule has 0 amide bonds. The molecule has 5 aromatic rings. The van der Waals surface area contributed by atoms with Crippen LogP contribution in [0, 0.1) is 0 Å². The van der Waals surface area contributed by atoms with Gasteiger partial charge in [-0.25, -0.2) is 0 Å². The molecule has 0 bridgehead atoms. The van der Waals surface area contributed by atoms with Crippen LogP contribution in [-0.2, 0) is 19.3 Å². The Morgan fingerprint density at radius 1 is 0.848 bits per heavy atom. The molecule has 0 radical (unpaired) electrons. The third-order valence-electron chi connectivity index (χ3n) is 6.75. The van der Waals surface area contributed by atoms with Crippen LogP contribution in [0.2, 0.25) is 0 Å². The molecule has 3 heterocycles. The number of aromatic nitrogens is 5. The summed E-state index contributed by atoms with van der Waals surface area (Å²) >= 11 is 0. The van der Waals surface area contributed by atoms with Crippen LogP contribution < -0.4 is 4.74 Å². The zero-order valence-electron chi connectivity index (χ0n) is 17.9. The fraction of sp³-hybridized carbons (Fsp3) is 0.148. The van der Waals surface area contributed by atoms with Crippen molar-refractivity contribution in [2.24, 2.45) is 0 Å². The largest absolute Gasteiger partial charge is 0.484 e. The van der Waals surface area contributed by atoms with Crippen LogP contribution in [-0.4, -0.2) is 25.2 Å². The molecule has 1 aliphatic heterocycles. The number of hydrogen-bond acceptors (Lipinski definition) is 4. The minimum Gasteiger partial charge on any atom is -0.484 e. The van der Waals surface area contributed by atoms with E-state index in [-0.39, 0.29) is 6.10 Å². The third-order valence-corrected chi connectivity index (χ3v) is 6.75. The van der Waals surface area contributed by atoms with E-state index in [4.69, 9.17) is 4.74 Å². The maximum Gasteiger partial charge on any atom is 0.204 e. The predicted molar refractivity (Wildman–Crippen MR) is 125 cm³/mol. The summed E-state index contributed by atoms with van der Waals surface area (Å²) in [7, 11) is 0. The molecule has 160 valence electrons. The first-order valence-electron chi connectivity index (χ1n) is 11.3. The second-order valence-electron chi connectivity index (χ2n) is 8.63. The summed E-state index contributed by atoms with van der Waals surface area (Å²) in [5.41, 5.74) is 9.82. The zero-order valence-corrected chi connectivity index (χ0v) is 17.9. The number of fused-ring (bicyclic) bond motifs is 4. The van der Waals surface area contributed by atoms with Crippen molar-refractivity contribution in [2.75, 3.05) is 0 Å². The van der Waals surface area contributed by atoms with Crippen molar-refractivity contribution >= 4 is 0 Å². The van der Waals surface area contributed by atoms with Gasteiger partial charge in [0, 0.05) is 28.9 Å². The monoisotopic (exact) mass is 431 g/mol. The van der Waals surface area contributed by atoms with Gasteiger partial charge in [-0.15, -0.1) is 10.2 Å². The first-order valence-corrected chi connectivity index (χ1v) is 11.3. The standard InChI is InChI=1S/C27H21N5O/c1-3-10-21-17(6-1)12-13-23-22(21)16-24(26-15-18-7-2-4-11-25(18)33-26)32(23)20-9-5-8-19(14-20)27-28-30-31-29-27/h1-11,14,16,26H,12-13,15H2,(H,28,29,30,31). The molecule has 7 rings (SSSR count). The normalized spacial score (nSPS) is 16.1. The lowest BCUT2D eigenvalue weighted by atomic mass is 9.90. The Bertz CT molecular complexity index is 1460. The number of H-pyrrole nitrogens is 1. The SMILES string of the molecule is c1cc(-c2nn[nH]n2)cc(-n2c(C3Cc4ccccc4O3)cc3c2CCc2ccccc2-3)c1. The Morgan fingerprint density at radius 2 is 1.73 bits per heavy atom. The number of nitrogens with one attached hydrogen (secondary N) is 1. The molecule has 0 saturated heterocycles. The Kier molecular flexibility index (Phi) is 3.99. The van der Waals surface area contributed by atoms with Crippen LogP contribution in [0.5, 0.6) is 5.75 Å². The first-order chi connectivity index (χ1) is 16.3. The molecule has 3 aromatic carbocycles. The fourth-order valence-corrected chi connectivity index (χ4v) is 5.26. The van der Waals surface area contributed by atoms with Gasteiger partial charge in [0.05, 0.1) is 5.69 Å². The van der Waals surface area contributed by atoms with Gasteiger partial charge in [0.1, 0.15) is 11.9 Å². The number of aromatic amines is 1.